The lowest BCUT2D eigenvalue weighted by Gasteiger charge is -2.18. The van der Waals surface area contributed by atoms with Gasteiger partial charge in [-0.1, -0.05) is 34.3 Å². The Morgan fingerprint density at radius 1 is 0.433 bits per heavy atom. The Balaban J connectivity index is 0.00000253. The number of hydrogen-bond acceptors (Lipinski definition) is 29. The van der Waals surface area contributed by atoms with Gasteiger partial charge in [0, 0.05) is 85.1 Å². The van der Waals surface area contributed by atoms with Crippen LogP contribution in [0.4, 0.5) is 5.69 Å². The second-order valence-electron chi connectivity index (χ2n) is 20.9. The van der Waals surface area contributed by atoms with E-state index in [2.05, 4.69) is 60.0 Å². The number of nitriles is 2. The summed E-state index contributed by atoms with van der Waals surface area (Å²) >= 11 is 0. The third-order valence-electron chi connectivity index (χ3n) is 12.8. The Hall–Kier alpha value is -7.44. The molecule has 0 atom stereocenters. The minimum atomic E-state index is -0.790. The maximum absolute atomic E-state index is 13.0. The summed E-state index contributed by atoms with van der Waals surface area (Å²) in [5.74, 6) is 8.89. The summed E-state index contributed by atoms with van der Waals surface area (Å²) in [5, 5.41) is 36.8. The molecule has 1 heterocycles. The van der Waals surface area contributed by atoms with Gasteiger partial charge >= 0.3 is 0 Å². The summed E-state index contributed by atoms with van der Waals surface area (Å²) in [6.07, 6.45) is 1.50. The maximum atomic E-state index is 13.0. The number of amides is 3. The molecule has 2 aromatic carbocycles. The zero-order valence-corrected chi connectivity index (χ0v) is 59.8. The molecule has 0 aliphatic carbocycles. The highest BCUT2D eigenvalue weighted by Gasteiger charge is 2.20. The van der Waals surface area contributed by atoms with Gasteiger partial charge in [0.25, 0.3) is 0 Å². The Morgan fingerprint density at radius 2 is 0.740 bits per heavy atom. The first-order chi connectivity index (χ1) is 51.3. The van der Waals surface area contributed by atoms with Gasteiger partial charge in [0.1, 0.15) is 5.69 Å². The summed E-state index contributed by atoms with van der Waals surface area (Å²) in [5.41, 5.74) is 22.3. The molecule has 0 aliphatic rings. The number of azide groups is 1. The Morgan fingerprint density at radius 3 is 1.07 bits per heavy atom. The fourth-order valence-electron chi connectivity index (χ4n) is 7.87. The first-order valence-electron chi connectivity index (χ1n) is 34.5. The summed E-state index contributed by atoms with van der Waals surface area (Å²) in [4.78, 5) is 41.5. The normalized spacial score (nSPS) is 10.8. The molecule has 0 saturated heterocycles. The molecule has 35 heteroatoms. The third kappa shape index (κ3) is 59.9. The summed E-state index contributed by atoms with van der Waals surface area (Å²) < 4.78 is 106. The molecule has 104 heavy (non-hydrogen) atoms. The molecule has 0 radical (unpaired) electrons. The molecule has 0 unspecified atom stereocenters. The van der Waals surface area contributed by atoms with E-state index in [1.54, 1.807) is 59.4 Å². The van der Waals surface area contributed by atoms with Crippen molar-refractivity contribution >= 4 is 23.4 Å². The van der Waals surface area contributed by atoms with Gasteiger partial charge in [0.2, 0.25) is 17.7 Å². The summed E-state index contributed by atoms with van der Waals surface area (Å²) in [6, 6.07) is 16.7. The highest BCUT2D eigenvalue weighted by Crippen LogP contribution is 2.13. The predicted octanol–water partition coefficient (Wildman–Crippen LogP) is 1.27. The second kappa shape index (κ2) is 72.5. The van der Waals surface area contributed by atoms with Gasteiger partial charge in [-0.25, -0.2) is 4.68 Å². The van der Waals surface area contributed by atoms with Crippen molar-refractivity contribution in [2.45, 2.75) is 31.9 Å². The van der Waals surface area contributed by atoms with E-state index in [4.69, 9.17) is 118 Å². The molecule has 7 N–H and O–H groups in total. The fourth-order valence-corrected chi connectivity index (χ4v) is 7.87. The number of nitrogens with one attached hydrogen (secondary N) is 3. The average Bonchev–Trinajstić information content (AvgIpc) is 1.70. The zero-order valence-electron chi connectivity index (χ0n) is 59.8. The molecule has 0 aliphatic heterocycles. The standard InChI is InChI=1S/C60H103N9O22.C9H4N4/c61-8-1-2-54-3-5-57(6-4-54)69-52-56(67-68-69)53-91-49-48-90-47-46-89-33-28-78-23-18-73-13-7-58(70)66-55(50-59(71)64-11-16-76-21-26-81-31-36-85-40-44-87-42-38-83-34-29-79-24-19-74-14-9-62)51-60(72)65-12-17-77-22-27-82-32-37-86-41-45-88-43-39-84-35-30-80-25-20-75-15-10-63;10-7-1-2-8-3-5-9(6-4-8)12-13-11/h3-6,52,55H,7,9-51,53,62-63H2,(H,64,71)(H,65,72)(H,66,70);3-6H. The van der Waals surface area contributed by atoms with Gasteiger partial charge in [-0.15, -0.1) is 5.10 Å². The van der Waals surface area contributed by atoms with Crippen molar-refractivity contribution in [1.82, 2.24) is 30.9 Å². The van der Waals surface area contributed by atoms with Crippen molar-refractivity contribution in [3.8, 4) is 41.5 Å². The van der Waals surface area contributed by atoms with Crippen LogP contribution in [-0.4, -0.2) is 309 Å². The van der Waals surface area contributed by atoms with Gasteiger partial charge in [-0.3, -0.25) is 14.4 Å². The van der Waals surface area contributed by atoms with Crippen molar-refractivity contribution in [1.29, 1.82) is 10.5 Å². The fraction of sp³-hybridized carbons (Fsp3) is 0.667. The van der Waals surface area contributed by atoms with Crippen LogP contribution in [0.3, 0.4) is 0 Å². The van der Waals surface area contributed by atoms with Gasteiger partial charge in [0.05, 0.1) is 263 Å². The van der Waals surface area contributed by atoms with E-state index in [1.807, 2.05) is 12.1 Å². The minimum Gasteiger partial charge on any atom is -0.379 e. The van der Waals surface area contributed by atoms with Gasteiger partial charge in [-0.2, -0.15) is 10.5 Å². The number of carbonyl (C=O) groups is 3. The van der Waals surface area contributed by atoms with Crippen LogP contribution in [0.25, 0.3) is 16.1 Å². The number of rotatable bonds is 70. The molecular formula is C69H107N13O22. The summed E-state index contributed by atoms with van der Waals surface area (Å²) in [6.45, 7) is 16.5. The lowest BCUT2D eigenvalue weighted by molar-refractivity contribution is -0.126. The number of aromatic nitrogens is 3. The molecule has 35 nitrogen and oxygen atoms in total. The van der Waals surface area contributed by atoms with Crippen molar-refractivity contribution in [3.63, 3.8) is 0 Å². The Labute approximate surface area is 609 Å². The van der Waals surface area contributed by atoms with Crippen molar-refractivity contribution < 1.29 is 104 Å². The van der Waals surface area contributed by atoms with Gasteiger partial charge < -0.3 is 117 Å². The van der Waals surface area contributed by atoms with Crippen LogP contribution < -0.4 is 27.4 Å². The quantitative estimate of drug-likeness (QED) is 0.0175. The topological polar surface area (TPSA) is 442 Å². The molecule has 0 fully saturated rings. The van der Waals surface area contributed by atoms with Crippen LogP contribution in [0.15, 0.2) is 59.8 Å². The molecule has 0 saturated carbocycles. The summed E-state index contributed by atoms with van der Waals surface area (Å²) in [7, 11) is 0. The van der Waals surface area contributed by atoms with Gasteiger partial charge in [0.15, 0.2) is 12.1 Å². The van der Waals surface area contributed by atoms with Crippen molar-refractivity contribution in [2.24, 2.45) is 16.6 Å². The van der Waals surface area contributed by atoms with Crippen LogP contribution in [0.5, 0.6) is 0 Å². The first kappa shape index (κ1) is 92.6. The number of nitrogens with two attached hydrogens (primary N) is 2. The molecule has 1 aromatic heterocycles. The van der Waals surface area contributed by atoms with Crippen LogP contribution >= 0.6 is 0 Å². The predicted molar refractivity (Wildman–Crippen MR) is 376 cm³/mol. The monoisotopic (exact) mass is 1470 g/mol. The number of carbonyl (C=O) groups excluding carboxylic acids is 3. The van der Waals surface area contributed by atoms with E-state index in [1.165, 1.54) is 0 Å². The van der Waals surface area contributed by atoms with Crippen LogP contribution in [0, 0.1) is 46.3 Å². The number of nitrogens with zero attached hydrogens (tertiary/aromatic N) is 8. The third-order valence-corrected chi connectivity index (χ3v) is 12.8. The van der Waals surface area contributed by atoms with Crippen LogP contribution in [0.2, 0.25) is 0 Å². The molecule has 0 spiro atoms. The molecule has 3 aromatic rings. The Kier molecular flexibility index (Phi) is 64.6. The highest BCUT2D eigenvalue weighted by molar-refractivity contribution is 5.83. The SMILES string of the molecule is N#CC#Cc1ccc(-n2cc(COCCOCCOCCOCCOCCC(=O)NC(CC(=O)NCCOCCOCCOCCOCCOCCOCCOCCN)CC(=O)NCCOCCOCCOCCOCCOCCOCCOCCN)nn2)cc1.N#CC#Cc1ccc(N=[N+]=[N-])cc1. The van der Waals surface area contributed by atoms with E-state index >= 15 is 0 Å². The maximum Gasteiger partial charge on any atom is 0.222 e. The number of benzene rings is 2. The highest BCUT2D eigenvalue weighted by atomic mass is 16.6. The molecular weight excluding hydrogens is 1360 g/mol. The largest absolute Gasteiger partial charge is 0.379 e. The average molecular weight is 1470 g/mol. The second-order valence-corrected chi connectivity index (χ2v) is 20.9. The van der Waals surface area contributed by atoms with E-state index in [0.717, 1.165) is 16.8 Å². The lowest BCUT2D eigenvalue weighted by Crippen LogP contribution is -2.43. The molecule has 3 amide bonds. The smallest absolute Gasteiger partial charge is 0.222 e. The minimum absolute atomic E-state index is 0.00303. The van der Waals surface area contributed by atoms with Crippen molar-refractivity contribution in [3.05, 3.63) is 82.0 Å². The molecule has 3 rings (SSSR count). The number of ether oxygens (including phenoxy) is 19. The van der Waals surface area contributed by atoms with E-state index in [0.29, 0.717) is 242 Å². The zero-order chi connectivity index (χ0) is 74.6. The van der Waals surface area contributed by atoms with E-state index in [9.17, 15) is 14.4 Å². The molecule has 0 bridgehead atoms. The van der Waals surface area contributed by atoms with E-state index in [-0.39, 0.29) is 83.1 Å². The Bertz CT molecular complexity index is 2770. The lowest BCUT2D eigenvalue weighted by atomic mass is 10.1. The van der Waals surface area contributed by atoms with Crippen LogP contribution in [-0.2, 0) is 111 Å². The van der Waals surface area contributed by atoms with Crippen LogP contribution in [0.1, 0.15) is 36.1 Å². The number of hydrogen-bond donors (Lipinski definition) is 5. The molecule has 580 valence electrons. The first-order valence-corrected chi connectivity index (χ1v) is 34.5. The van der Waals surface area contributed by atoms with Crippen molar-refractivity contribution in [2.75, 3.05) is 271 Å². The van der Waals surface area contributed by atoms with Gasteiger partial charge in [-0.05, 0) is 41.9 Å². The van der Waals surface area contributed by atoms with E-state index < -0.39 is 6.04 Å².